The molecule has 1 fully saturated rings. The third kappa shape index (κ3) is 2.82. The number of hydrogen-bond acceptors (Lipinski definition) is 3. The van der Waals surface area contributed by atoms with E-state index in [1.807, 2.05) is 31.2 Å². The first kappa shape index (κ1) is 12.9. The number of benzene rings is 1. The number of carbonyl (C=O) groups excluding carboxylic acids is 1. The van der Waals surface area contributed by atoms with Crippen molar-refractivity contribution in [1.82, 2.24) is 0 Å². The van der Waals surface area contributed by atoms with Gasteiger partial charge in [-0.05, 0) is 50.5 Å². The molecule has 1 aromatic rings. The molecule has 0 aromatic heterocycles. The number of carbonyl (C=O) groups is 1. The average molecular weight is 248 g/mol. The quantitative estimate of drug-likeness (QED) is 0.834. The van der Waals surface area contributed by atoms with Crippen LogP contribution in [0.2, 0.25) is 0 Å². The van der Waals surface area contributed by atoms with Crippen LogP contribution >= 0.6 is 0 Å². The second-order valence-electron chi connectivity index (χ2n) is 4.53. The molecule has 1 saturated heterocycles. The van der Waals surface area contributed by atoms with Crippen molar-refractivity contribution in [2.75, 3.05) is 23.8 Å². The first-order valence-corrected chi connectivity index (χ1v) is 6.51. The molecule has 4 heteroatoms. The Balaban J connectivity index is 2.12. The lowest BCUT2D eigenvalue weighted by atomic mass is 10.1. The van der Waals surface area contributed by atoms with Crippen molar-refractivity contribution in [1.29, 1.82) is 0 Å². The third-order valence-corrected chi connectivity index (χ3v) is 3.24. The van der Waals surface area contributed by atoms with Gasteiger partial charge in [-0.15, -0.1) is 0 Å². The lowest BCUT2D eigenvalue weighted by molar-refractivity contribution is -0.132. The maximum Gasteiger partial charge on any atom is 0.256 e. The van der Waals surface area contributed by atoms with E-state index in [4.69, 9.17) is 10.5 Å². The Morgan fingerprint density at radius 3 is 2.67 bits per heavy atom. The average Bonchev–Trinajstić information content (AvgIpc) is 2.42. The number of nitrogens with two attached hydrogens (primary N) is 1. The van der Waals surface area contributed by atoms with E-state index >= 15 is 0 Å². The molecule has 1 amide bonds. The Morgan fingerprint density at radius 2 is 2.11 bits per heavy atom. The van der Waals surface area contributed by atoms with Crippen LogP contribution in [-0.2, 0) is 9.53 Å². The van der Waals surface area contributed by atoms with Crippen LogP contribution in [0, 0.1) is 0 Å². The Bertz CT molecular complexity index is 397. The maximum absolute atomic E-state index is 12.4. The van der Waals surface area contributed by atoms with E-state index in [9.17, 15) is 4.79 Å². The van der Waals surface area contributed by atoms with Crippen molar-refractivity contribution >= 4 is 17.3 Å². The van der Waals surface area contributed by atoms with E-state index in [0.717, 1.165) is 24.9 Å². The summed E-state index contributed by atoms with van der Waals surface area (Å²) in [4.78, 5) is 14.1. The highest BCUT2D eigenvalue weighted by Crippen LogP contribution is 2.21. The molecular weight excluding hydrogens is 228 g/mol. The normalized spacial score (nSPS) is 19.5. The molecule has 1 atom stereocenters. The van der Waals surface area contributed by atoms with Crippen molar-refractivity contribution in [3.63, 3.8) is 0 Å². The van der Waals surface area contributed by atoms with Crippen LogP contribution in [0.15, 0.2) is 24.3 Å². The van der Waals surface area contributed by atoms with Crippen molar-refractivity contribution in [2.24, 2.45) is 0 Å². The van der Waals surface area contributed by atoms with E-state index in [-0.39, 0.29) is 12.0 Å². The van der Waals surface area contributed by atoms with Gasteiger partial charge in [0.05, 0.1) is 0 Å². The summed E-state index contributed by atoms with van der Waals surface area (Å²) < 4.78 is 5.55. The zero-order chi connectivity index (χ0) is 13.0. The first-order valence-electron chi connectivity index (χ1n) is 6.51. The highest BCUT2D eigenvalue weighted by atomic mass is 16.5. The molecule has 1 aliphatic rings. The molecule has 0 spiro atoms. The minimum absolute atomic E-state index is 0.0574. The van der Waals surface area contributed by atoms with Gasteiger partial charge in [0.25, 0.3) is 5.91 Å². The van der Waals surface area contributed by atoms with Gasteiger partial charge < -0.3 is 15.4 Å². The van der Waals surface area contributed by atoms with Crippen LogP contribution in [0.25, 0.3) is 0 Å². The molecule has 1 aromatic carbocycles. The van der Waals surface area contributed by atoms with E-state index in [2.05, 4.69) is 0 Å². The number of amides is 1. The number of ether oxygens (including phenoxy) is 1. The summed E-state index contributed by atoms with van der Waals surface area (Å²) in [5, 5.41) is 0. The third-order valence-electron chi connectivity index (χ3n) is 3.24. The lowest BCUT2D eigenvalue weighted by Gasteiger charge is -2.28. The van der Waals surface area contributed by atoms with E-state index < -0.39 is 0 Å². The number of nitrogens with zero attached hydrogens (tertiary/aromatic N) is 1. The summed E-state index contributed by atoms with van der Waals surface area (Å²) in [5.74, 6) is 0.0574. The monoisotopic (exact) mass is 248 g/mol. The number of hydrogen-bond donors (Lipinski definition) is 1. The lowest BCUT2D eigenvalue weighted by Crippen LogP contribution is -2.42. The highest BCUT2D eigenvalue weighted by Gasteiger charge is 2.26. The number of anilines is 2. The number of likely N-dealkylation sites (N-methyl/N-ethyl adjacent to an activating group) is 1. The predicted molar refractivity (Wildman–Crippen MR) is 72.5 cm³/mol. The van der Waals surface area contributed by atoms with Gasteiger partial charge in [0.1, 0.15) is 6.10 Å². The highest BCUT2D eigenvalue weighted by molar-refractivity contribution is 5.96. The molecule has 4 nitrogen and oxygen atoms in total. The van der Waals surface area contributed by atoms with Crippen LogP contribution in [0.5, 0.6) is 0 Å². The van der Waals surface area contributed by atoms with Gasteiger partial charge in [-0.1, -0.05) is 0 Å². The summed E-state index contributed by atoms with van der Waals surface area (Å²) in [6, 6.07) is 7.37. The maximum atomic E-state index is 12.4. The van der Waals surface area contributed by atoms with Crippen molar-refractivity contribution in [3.05, 3.63) is 24.3 Å². The van der Waals surface area contributed by atoms with Gasteiger partial charge in [0, 0.05) is 24.5 Å². The fraction of sp³-hybridized carbons (Fsp3) is 0.500. The second-order valence-corrected chi connectivity index (χ2v) is 4.53. The van der Waals surface area contributed by atoms with Crippen LogP contribution in [0.4, 0.5) is 11.4 Å². The van der Waals surface area contributed by atoms with Gasteiger partial charge in [0.15, 0.2) is 0 Å². The van der Waals surface area contributed by atoms with Crippen molar-refractivity contribution < 1.29 is 9.53 Å². The van der Waals surface area contributed by atoms with Gasteiger partial charge in [-0.2, -0.15) is 0 Å². The molecule has 2 rings (SSSR count). The molecule has 2 N–H and O–H groups in total. The van der Waals surface area contributed by atoms with E-state index in [1.54, 1.807) is 4.90 Å². The molecule has 0 saturated carbocycles. The summed E-state index contributed by atoms with van der Waals surface area (Å²) in [6.07, 6.45) is 2.66. The molecule has 1 aliphatic heterocycles. The minimum Gasteiger partial charge on any atom is -0.399 e. The Labute approximate surface area is 108 Å². The van der Waals surface area contributed by atoms with Crippen LogP contribution in [0.1, 0.15) is 26.2 Å². The zero-order valence-electron chi connectivity index (χ0n) is 10.8. The Kier molecular flexibility index (Phi) is 4.20. The van der Waals surface area contributed by atoms with Crippen LogP contribution in [0.3, 0.4) is 0 Å². The molecular formula is C14H20N2O2. The summed E-state index contributed by atoms with van der Waals surface area (Å²) in [5.41, 5.74) is 7.24. The molecule has 1 unspecified atom stereocenters. The topological polar surface area (TPSA) is 55.6 Å². The van der Waals surface area contributed by atoms with Crippen LogP contribution < -0.4 is 10.6 Å². The van der Waals surface area contributed by atoms with E-state index in [1.165, 1.54) is 0 Å². The number of rotatable bonds is 3. The SMILES string of the molecule is CCN(C(=O)C1CCCCO1)c1ccc(N)cc1. The van der Waals surface area contributed by atoms with Gasteiger partial charge in [-0.25, -0.2) is 0 Å². The number of nitrogen functional groups attached to an aromatic ring is 1. The molecule has 0 bridgehead atoms. The Hall–Kier alpha value is -1.55. The molecule has 98 valence electrons. The van der Waals surface area contributed by atoms with Gasteiger partial charge >= 0.3 is 0 Å². The zero-order valence-corrected chi connectivity index (χ0v) is 10.8. The largest absolute Gasteiger partial charge is 0.399 e. The molecule has 0 radical (unpaired) electrons. The van der Waals surface area contributed by atoms with Crippen molar-refractivity contribution in [2.45, 2.75) is 32.3 Å². The van der Waals surface area contributed by atoms with Crippen LogP contribution in [-0.4, -0.2) is 25.2 Å². The molecule has 0 aliphatic carbocycles. The fourth-order valence-electron chi connectivity index (χ4n) is 2.23. The molecule has 18 heavy (non-hydrogen) atoms. The summed E-state index contributed by atoms with van der Waals surface area (Å²) in [6.45, 7) is 3.30. The minimum atomic E-state index is -0.281. The standard InChI is InChI=1S/C14H20N2O2/c1-2-16(12-8-6-11(15)7-9-12)14(17)13-5-3-4-10-18-13/h6-9,13H,2-5,10,15H2,1H3. The van der Waals surface area contributed by atoms with Gasteiger partial charge in [-0.3, -0.25) is 4.79 Å². The fourth-order valence-corrected chi connectivity index (χ4v) is 2.23. The summed E-state index contributed by atoms with van der Waals surface area (Å²) in [7, 11) is 0. The second kappa shape index (κ2) is 5.87. The van der Waals surface area contributed by atoms with Gasteiger partial charge in [0.2, 0.25) is 0 Å². The predicted octanol–water partition coefficient (Wildman–Crippen LogP) is 2.19. The van der Waals surface area contributed by atoms with Crippen molar-refractivity contribution in [3.8, 4) is 0 Å². The molecule has 1 heterocycles. The van der Waals surface area contributed by atoms with E-state index in [0.29, 0.717) is 18.8 Å². The smallest absolute Gasteiger partial charge is 0.256 e. The summed E-state index contributed by atoms with van der Waals surface area (Å²) >= 11 is 0. The Morgan fingerprint density at radius 1 is 1.39 bits per heavy atom. The first-order chi connectivity index (χ1) is 8.72.